The summed E-state index contributed by atoms with van der Waals surface area (Å²) in [7, 11) is 0. The molecule has 0 spiro atoms. The van der Waals surface area contributed by atoms with Gasteiger partial charge in [0.1, 0.15) is 11.2 Å². The first kappa shape index (κ1) is 13.3. The summed E-state index contributed by atoms with van der Waals surface area (Å²) in [5, 5.41) is 4.54. The van der Waals surface area contributed by atoms with Crippen LogP contribution in [0.1, 0.15) is 29.1 Å². The van der Waals surface area contributed by atoms with Crippen molar-refractivity contribution >= 4 is 32.7 Å². The van der Waals surface area contributed by atoms with Crippen LogP contribution in [0.3, 0.4) is 0 Å². The van der Waals surface area contributed by atoms with E-state index in [4.69, 9.17) is 7.16 Å². The summed E-state index contributed by atoms with van der Waals surface area (Å²) >= 11 is 0. The second kappa shape index (κ2) is 5.31. The quantitative estimate of drug-likeness (QED) is 0.329. The van der Waals surface area contributed by atoms with Crippen molar-refractivity contribution < 1.29 is 7.16 Å². The van der Waals surface area contributed by atoms with Crippen LogP contribution in [-0.4, -0.2) is 4.98 Å². The molecule has 0 aliphatic carbocycles. The number of benzene rings is 3. The van der Waals surface area contributed by atoms with Crippen LogP contribution >= 0.6 is 0 Å². The number of furan rings is 1. The molecule has 0 aliphatic rings. The minimum atomic E-state index is -1.47. The first-order chi connectivity index (χ1) is 13.3. The maximum atomic E-state index is 8.61. The van der Waals surface area contributed by atoms with Gasteiger partial charge in [0.25, 0.3) is 0 Å². The smallest absolute Gasteiger partial charge is 0.145 e. The Morgan fingerprint density at radius 1 is 0.962 bits per heavy atom. The second-order valence-corrected chi connectivity index (χ2v) is 7.87. The molecule has 128 valence electrons. The summed E-state index contributed by atoms with van der Waals surface area (Å²) in [5.41, 5.74) is 3.41. The fourth-order valence-corrected chi connectivity index (χ4v) is 3.72. The number of hydrogen-bond acceptors (Lipinski definition) is 2. The summed E-state index contributed by atoms with van der Waals surface area (Å²) in [6.07, 6.45) is 0.215. The van der Waals surface area contributed by atoms with Gasteiger partial charge in [0, 0.05) is 25.3 Å². The molecule has 3 aromatic carbocycles. The molecule has 0 atom stereocenters. The van der Waals surface area contributed by atoms with Crippen molar-refractivity contribution in [3.05, 3.63) is 66.4 Å². The van der Waals surface area contributed by atoms with Gasteiger partial charge in [-0.05, 0) is 52.4 Å². The molecule has 2 heterocycles. The van der Waals surface area contributed by atoms with Crippen molar-refractivity contribution in [1.29, 1.82) is 0 Å². The molecule has 2 nitrogen and oxygen atoms in total. The lowest BCUT2D eigenvalue weighted by Gasteiger charge is -2.18. The summed E-state index contributed by atoms with van der Waals surface area (Å²) in [6, 6.07) is 18.1. The van der Waals surface area contributed by atoms with Crippen LogP contribution in [0, 0.1) is 5.41 Å². The highest BCUT2D eigenvalue weighted by molar-refractivity contribution is 6.23. The first-order valence-corrected chi connectivity index (χ1v) is 8.90. The number of hydrogen-bond donors (Lipinski definition) is 0. The number of pyridine rings is 1. The summed E-state index contributed by atoms with van der Waals surface area (Å²) in [4.78, 5) is 4.55. The third-order valence-corrected chi connectivity index (χ3v) is 4.71. The maximum absolute atomic E-state index is 8.61. The second-order valence-electron chi connectivity index (χ2n) is 7.87. The van der Waals surface area contributed by atoms with Gasteiger partial charge < -0.3 is 4.42 Å². The SMILES string of the molecule is [2H]C([2H])(c1ccnc(-c2ccc3ccc4cccc5oc2c3c45)c1)C(C)(C)C. The van der Waals surface area contributed by atoms with Crippen LogP contribution in [-0.2, 0) is 6.37 Å². The van der Waals surface area contributed by atoms with Crippen molar-refractivity contribution in [1.82, 2.24) is 4.98 Å². The van der Waals surface area contributed by atoms with E-state index in [0.717, 1.165) is 44.0 Å². The highest BCUT2D eigenvalue weighted by atomic mass is 16.3. The van der Waals surface area contributed by atoms with Crippen molar-refractivity contribution in [2.45, 2.75) is 27.1 Å². The topological polar surface area (TPSA) is 26.0 Å². The molecule has 5 rings (SSSR count). The Morgan fingerprint density at radius 3 is 2.54 bits per heavy atom. The monoisotopic (exact) mass is 341 g/mol. The van der Waals surface area contributed by atoms with Crippen molar-refractivity contribution in [2.24, 2.45) is 5.41 Å². The lowest BCUT2D eigenvalue weighted by Crippen LogP contribution is -2.09. The lowest BCUT2D eigenvalue weighted by molar-refractivity contribution is 0.411. The average Bonchev–Trinajstić information content (AvgIpc) is 3.06. The van der Waals surface area contributed by atoms with Gasteiger partial charge in [-0.2, -0.15) is 0 Å². The molecule has 0 saturated heterocycles. The van der Waals surface area contributed by atoms with Gasteiger partial charge in [-0.1, -0.05) is 51.1 Å². The van der Waals surface area contributed by atoms with Crippen LogP contribution in [0.5, 0.6) is 0 Å². The molecule has 0 fully saturated rings. The van der Waals surface area contributed by atoms with Gasteiger partial charge in [-0.3, -0.25) is 4.98 Å². The number of aromatic nitrogens is 1. The Bertz CT molecular complexity index is 1330. The van der Waals surface area contributed by atoms with Crippen LogP contribution in [0.2, 0.25) is 0 Å². The van der Waals surface area contributed by atoms with Gasteiger partial charge >= 0.3 is 0 Å². The largest absolute Gasteiger partial charge is 0.455 e. The Hall–Kier alpha value is -2.87. The Balaban J connectivity index is 1.78. The summed E-state index contributed by atoms with van der Waals surface area (Å²) in [5.74, 6) is 0. The fourth-order valence-electron chi connectivity index (χ4n) is 3.72. The van der Waals surface area contributed by atoms with Gasteiger partial charge in [0.2, 0.25) is 0 Å². The van der Waals surface area contributed by atoms with E-state index in [2.05, 4.69) is 29.2 Å². The van der Waals surface area contributed by atoms with Crippen molar-refractivity contribution in [2.75, 3.05) is 0 Å². The van der Waals surface area contributed by atoms with Gasteiger partial charge in [0.05, 0.1) is 5.69 Å². The van der Waals surface area contributed by atoms with Gasteiger partial charge in [-0.15, -0.1) is 0 Å². The molecule has 0 aliphatic heterocycles. The predicted octanol–water partition coefficient (Wildman–Crippen LogP) is 6.83. The highest BCUT2D eigenvalue weighted by Gasteiger charge is 2.18. The zero-order valence-electron chi connectivity index (χ0n) is 17.1. The zero-order chi connectivity index (χ0) is 19.7. The van der Waals surface area contributed by atoms with E-state index in [-0.39, 0.29) is 0 Å². The van der Waals surface area contributed by atoms with Crippen LogP contribution in [0.4, 0.5) is 0 Å². The predicted molar refractivity (Wildman–Crippen MR) is 109 cm³/mol. The van der Waals surface area contributed by atoms with Crippen LogP contribution in [0.15, 0.2) is 65.2 Å². The molecule has 2 heteroatoms. The number of nitrogens with zero attached hydrogens (tertiary/aromatic N) is 1. The molecular formula is C24H21NO. The van der Waals surface area contributed by atoms with Gasteiger partial charge in [0.15, 0.2) is 0 Å². The van der Waals surface area contributed by atoms with E-state index >= 15 is 0 Å². The zero-order valence-corrected chi connectivity index (χ0v) is 15.1. The molecule has 0 radical (unpaired) electrons. The Morgan fingerprint density at radius 2 is 1.73 bits per heavy atom. The third kappa shape index (κ3) is 2.37. The molecule has 5 aromatic rings. The van der Waals surface area contributed by atoms with Crippen LogP contribution in [0.25, 0.3) is 44.0 Å². The number of rotatable bonds is 2. The van der Waals surface area contributed by atoms with E-state index in [1.165, 1.54) is 0 Å². The first-order valence-electron chi connectivity index (χ1n) is 9.90. The summed E-state index contributed by atoms with van der Waals surface area (Å²) < 4.78 is 23.5. The van der Waals surface area contributed by atoms with Crippen LogP contribution < -0.4 is 0 Å². The molecular weight excluding hydrogens is 318 g/mol. The molecule has 0 amide bonds. The molecule has 0 bridgehead atoms. The molecule has 0 unspecified atom stereocenters. The van der Waals surface area contributed by atoms with E-state index in [0.29, 0.717) is 5.56 Å². The van der Waals surface area contributed by atoms with Crippen molar-refractivity contribution in [3.8, 4) is 11.3 Å². The minimum Gasteiger partial charge on any atom is -0.455 e. The fraction of sp³-hybridized carbons (Fsp3) is 0.208. The van der Waals surface area contributed by atoms with Gasteiger partial charge in [-0.25, -0.2) is 0 Å². The molecule has 2 aromatic heterocycles. The normalized spacial score (nSPS) is 14.3. The summed E-state index contributed by atoms with van der Waals surface area (Å²) in [6.45, 7) is 5.75. The molecule has 0 saturated carbocycles. The Kier molecular flexibility index (Phi) is 2.73. The highest BCUT2D eigenvalue weighted by Crippen LogP contribution is 2.41. The van der Waals surface area contributed by atoms with E-state index in [9.17, 15) is 0 Å². The third-order valence-electron chi connectivity index (χ3n) is 4.71. The molecule has 0 N–H and O–H groups in total. The van der Waals surface area contributed by atoms with E-state index in [1.54, 1.807) is 12.3 Å². The standard InChI is InChI=1S/C24H21NO/c1-24(2,3)14-15-11-12-25-19(13-15)18-10-9-17-8-7-16-5-4-6-20-21(16)22(17)23(18)26-20/h4-13H,14H2,1-3H3/i14D2. The Labute approximate surface area is 155 Å². The average molecular weight is 341 g/mol. The van der Waals surface area contributed by atoms with E-state index in [1.807, 2.05) is 45.0 Å². The lowest BCUT2D eigenvalue weighted by atomic mass is 9.88. The minimum absolute atomic E-state index is 0.523. The molecule has 26 heavy (non-hydrogen) atoms. The maximum Gasteiger partial charge on any atom is 0.145 e. The van der Waals surface area contributed by atoms with Crippen molar-refractivity contribution in [3.63, 3.8) is 0 Å². The van der Waals surface area contributed by atoms with E-state index < -0.39 is 11.8 Å².